The van der Waals surface area contributed by atoms with Gasteiger partial charge in [-0.3, -0.25) is 0 Å². The average molecular weight is 294 g/mol. The zero-order valence-corrected chi connectivity index (χ0v) is 11.9. The minimum absolute atomic E-state index is 0.00897. The van der Waals surface area contributed by atoms with Crippen LogP contribution in [0.15, 0.2) is 53.4 Å². The molecule has 5 heteroatoms. The van der Waals surface area contributed by atoms with Gasteiger partial charge in [-0.1, -0.05) is 12.1 Å². The molecule has 0 aromatic heterocycles. The zero-order chi connectivity index (χ0) is 14.6. The predicted molar refractivity (Wildman–Crippen MR) is 75.2 cm³/mol. The van der Waals surface area contributed by atoms with Gasteiger partial charge in [0, 0.05) is 0 Å². The fourth-order valence-electron chi connectivity index (χ4n) is 1.80. The second kappa shape index (κ2) is 6.05. The second-order valence-corrected chi connectivity index (χ2v) is 6.48. The summed E-state index contributed by atoms with van der Waals surface area (Å²) in [6, 6.07) is 12.1. The molecule has 0 fully saturated rings. The first kappa shape index (κ1) is 14.5. The van der Waals surface area contributed by atoms with Crippen LogP contribution in [0, 0.1) is 5.82 Å². The standard InChI is InChI=1S/C15H15FO3S/c1-19-14-6-2-12(3-7-14)10-11-20(17,18)15-8-4-13(16)5-9-15/h2-9H,10-11H2,1H3. The highest BCUT2D eigenvalue weighted by molar-refractivity contribution is 7.91. The minimum atomic E-state index is -3.39. The highest BCUT2D eigenvalue weighted by Crippen LogP contribution is 2.16. The van der Waals surface area contributed by atoms with E-state index in [2.05, 4.69) is 0 Å². The lowest BCUT2D eigenvalue weighted by molar-refractivity contribution is 0.414. The molecule has 3 nitrogen and oxygen atoms in total. The summed E-state index contributed by atoms with van der Waals surface area (Å²) in [5.41, 5.74) is 0.913. The van der Waals surface area contributed by atoms with Crippen molar-refractivity contribution in [2.24, 2.45) is 0 Å². The molecule has 0 aliphatic heterocycles. The van der Waals surface area contributed by atoms with Crippen molar-refractivity contribution in [1.29, 1.82) is 0 Å². The Morgan fingerprint density at radius 3 is 2.15 bits per heavy atom. The first-order valence-electron chi connectivity index (χ1n) is 6.12. The maximum Gasteiger partial charge on any atom is 0.178 e. The molecule has 2 rings (SSSR count). The molecule has 0 aliphatic carbocycles. The number of hydrogen-bond acceptors (Lipinski definition) is 3. The third-order valence-corrected chi connectivity index (χ3v) is 4.72. The van der Waals surface area contributed by atoms with Gasteiger partial charge in [0.25, 0.3) is 0 Å². The van der Waals surface area contributed by atoms with Crippen LogP contribution in [-0.2, 0) is 16.3 Å². The molecule has 2 aromatic carbocycles. The highest BCUT2D eigenvalue weighted by atomic mass is 32.2. The summed E-state index contributed by atoms with van der Waals surface area (Å²) < 4.78 is 42.0. The fourth-order valence-corrected chi connectivity index (χ4v) is 3.10. The van der Waals surface area contributed by atoms with Crippen LogP contribution in [0.4, 0.5) is 4.39 Å². The quantitative estimate of drug-likeness (QED) is 0.796. The molecule has 0 spiro atoms. The van der Waals surface area contributed by atoms with Crippen molar-refractivity contribution in [3.8, 4) is 5.75 Å². The molecule has 0 heterocycles. The van der Waals surface area contributed by atoms with Crippen LogP contribution in [0.1, 0.15) is 5.56 Å². The summed E-state index contributed by atoms with van der Waals surface area (Å²) >= 11 is 0. The smallest absolute Gasteiger partial charge is 0.178 e. The normalized spacial score (nSPS) is 11.3. The molecule has 2 aromatic rings. The van der Waals surface area contributed by atoms with Gasteiger partial charge in [-0.25, -0.2) is 12.8 Å². The van der Waals surface area contributed by atoms with Gasteiger partial charge in [0.1, 0.15) is 11.6 Å². The van der Waals surface area contributed by atoms with Crippen molar-refractivity contribution < 1.29 is 17.5 Å². The monoisotopic (exact) mass is 294 g/mol. The average Bonchev–Trinajstić information content (AvgIpc) is 2.46. The van der Waals surface area contributed by atoms with Crippen LogP contribution in [0.3, 0.4) is 0 Å². The van der Waals surface area contributed by atoms with Gasteiger partial charge in [-0.2, -0.15) is 0 Å². The number of benzene rings is 2. The molecule has 20 heavy (non-hydrogen) atoms. The van der Waals surface area contributed by atoms with Crippen molar-refractivity contribution in [1.82, 2.24) is 0 Å². The largest absolute Gasteiger partial charge is 0.497 e. The Labute approximate surface area is 117 Å². The van der Waals surface area contributed by atoms with E-state index in [1.165, 1.54) is 12.1 Å². The molecular formula is C15H15FO3S. The summed E-state index contributed by atoms with van der Waals surface area (Å²) in [4.78, 5) is 0.146. The fraction of sp³-hybridized carbons (Fsp3) is 0.200. The van der Waals surface area contributed by atoms with Gasteiger partial charge in [0.2, 0.25) is 0 Å². The minimum Gasteiger partial charge on any atom is -0.497 e. The third kappa shape index (κ3) is 3.57. The van der Waals surface area contributed by atoms with E-state index in [0.29, 0.717) is 6.42 Å². The Morgan fingerprint density at radius 2 is 1.60 bits per heavy atom. The van der Waals surface area contributed by atoms with Crippen molar-refractivity contribution in [2.75, 3.05) is 12.9 Å². The number of hydrogen-bond donors (Lipinski definition) is 0. The van der Waals surface area contributed by atoms with Crippen molar-refractivity contribution in [2.45, 2.75) is 11.3 Å². The van der Waals surface area contributed by atoms with Gasteiger partial charge in [0.05, 0.1) is 17.8 Å². The molecule has 106 valence electrons. The highest BCUT2D eigenvalue weighted by Gasteiger charge is 2.14. The summed E-state index contributed by atoms with van der Waals surface area (Å²) in [7, 11) is -1.81. The van der Waals surface area contributed by atoms with Crippen molar-refractivity contribution in [3.05, 3.63) is 59.9 Å². The van der Waals surface area contributed by atoms with Crippen LogP contribution in [0.2, 0.25) is 0 Å². The third-order valence-electron chi connectivity index (χ3n) is 2.99. The lowest BCUT2D eigenvalue weighted by Crippen LogP contribution is -2.09. The Morgan fingerprint density at radius 1 is 1.00 bits per heavy atom. The molecule has 0 atom stereocenters. The molecule has 0 saturated heterocycles. The molecule has 0 amide bonds. The number of ether oxygens (including phenoxy) is 1. The second-order valence-electron chi connectivity index (χ2n) is 4.37. The molecular weight excluding hydrogens is 279 g/mol. The van der Waals surface area contributed by atoms with E-state index in [4.69, 9.17) is 4.74 Å². The van der Waals surface area contributed by atoms with Crippen molar-refractivity contribution in [3.63, 3.8) is 0 Å². The van der Waals surface area contributed by atoms with E-state index in [9.17, 15) is 12.8 Å². The van der Waals surface area contributed by atoms with E-state index in [1.807, 2.05) is 12.1 Å². The molecule has 0 N–H and O–H groups in total. The Hall–Kier alpha value is -1.88. The van der Waals surface area contributed by atoms with Gasteiger partial charge < -0.3 is 4.74 Å². The molecule has 0 saturated carbocycles. The van der Waals surface area contributed by atoms with Crippen LogP contribution < -0.4 is 4.74 Å². The summed E-state index contributed by atoms with van der Waals surface area (Å²) in [5.74, 6) is 0.277. The Bertz CT molecular complexity index is 661. The zero-order valence-electron chi connectivity index (χ0n) is 11.0. The molecule has 0 aliphatic rings. The van der Waals surface area contributed by atoms with Crippen LogP contribution in [0.5, 0.6) is 5.75 Å². The van der Waals surface area contributed by atoms with Gasteiger partial charge in [-0.15, -0.1) is 0 Å². The first-order valence-corrected chi connectivity index (χ1v) is 7.78. The van der Waals surface area contributed by atoms with Gasteiger partial charge in [0.15, 0.2) is 9.84 Å². The Kier molecular flexibility index (Phi) is 4.39. The maximum absolute atomic E-state index is 12.8. The number of aryl methyl sites for hydroxylation is 1. The number of methoxy groups -OCH3 is 1. The van der Waals surface area contributed by atoms with E-state index >= 15 is 0 Å². The summed E-state index contributed by atoms with van der Waals surface area (Å²) in [6.07, 6.45) is 0.406. The van der Waals surface area contributed by atoms with E-state index in [-0.39, 0.29) is 10.6 Å². The summed E-state index contributed by atoms with van der Waals surface area (Å²) in [6.45, 7) is 0. The van der Waals surface area contributed by atoms with Crippen LogP contribution >= 0.6 is 0 Å². The van der Waals surface area contributed by atoms with E-state index in [1.54, 1.807) is 19.2 Å². The molecule has 0 bridgehead atoms. The number of sulfone groups is 1. The van der Waals surface area contributed by atoms with Crippen LogP contribution in [0.25, 0.3) is 0 Å². The van der Waals surface area contributed by atoms with E-state index in [0.717, 1.165) is 23.4 Å². The molecule has 0 unspecified atom stereocenters. The lowest BCUT2D eigenvalue weighted by Gasteiger charge is -2.05. The maximum atomic E-state index is 12.8. The first-order chi connectivity index (χ1) is 9.51. The summed E-state index contributed by atoms with van der Waals surface area (Å²) in [5, 5.41) is 0. The number of halogens is 1. The lowest BCUT2D eigenvalue weighted by atomic mass is 10.2. The molecule has 0 radical (unpaired) electrons. The Balaban J connectivity index is 2.06. The topological polar surface area (TPSA) is 43.4 Å². The van der Waals surface area contributed by atoms with Gasteiger partial charge >= 0.3 is 0 Å². The van der Waals surface area contributed by atoms with E-state index < -0.39 is 15.7 Å². The number of rotatable bonds is 5. The predicted octanol–water partition coefficient (Wildman–Crippen LogP) is 2.85. The van der Waals surface area contributed by atoms with Gasteiger partial charge in [-0.05, 0) is 48.4 Å². The SMILES string of the molecule is COc1ccc(CCS(=O)(=O)c2ccc(F)cc2)cc1. The van der Waals surface area contributed by atoms with Crippen LogP contribution in [-0.4, -0.2) is 21.3 Å². The van der Waals surface area contributed by atoms with Crippen molar-refractivity contribution >= 4 is 9.84 Å².